The molecule has 3 rings (SSSR count). The van der Waals surface area contributed by atoms with Crippen LogP contribution in [0.2, 0.25) is 5.02 Å². The van der Waals surface area contributed by atoms with E-state index in [2.05, 4.69) is 10.1 Å². The zero-order valence-corrected chi connectivity index (χ0v) is 15.4. The van der Waals surface area contributed by atoms with Crippen LogP contribution in [-0.2, 0) is 16.1 Å². The minimum Gasteiger partial charge on any atom is -0.455 e. The van der Waals surface area contributed by atoms with Gasteiger partial charge in [-0.15, -0.1) is 11.3 Å². The van der Waals surface area contributed by atoms with Crippen molar-refractivity contribution in [3.05, 3.63) is 58.3 Å². The Balaban J connectivity index is 1.67. The second kappa shape index (κ2) is 7.80. The molecule has 0 N–H and O–H groups in total. The van der Waals surface area contributed by atoms with Crippen LogP contribution in [0.5, 0.6) is 0 Å². The fourth-order valence-electron chi connectivity index (χ4n) is 2.51. The van der Waals surface area contributed by atoms with Crippen molar-refractivity contribution < 1.29 is 14.1 Å². The molecule has 2 heterocycles. The quantitative estimate of drug-likeness (QED) is 0.570. The number of halogens is 1. The number of esters is 1. The van der Waals surface area contributed by atoms with Crippen LogP contribution in [0.3, 0.4) is 0 Å². The van der Waals surface area contributed by atoms with E-state index in [9.17, 15) is 4.79 Å². The number of hydrogen-bond acceptors (Lipinski definition) is 6. The molecule has 3 aromatic rings. The Bertz CT molecular complexity index is 828. The fourth-order valence-corrected chi connectivity index (χ4v) is 3.28. The summed E-state index contributed by atoms with van der Waals surface area (Å²) in [7, 11) is 0. The number of rotatable bonds is 6. The number of carbonyl (C=O) groups excluding carboxylic acids is 1. The highest BCUT2D eigenvalue weighted by Crippen LogP contribution is 2.28. The number of hydrogen-bond donors (Lipinski definition) is 0. The van der Waals surface area contributed by atoms with E-state index >= 15 is 0 Å². The number of benzene rings is 1. The molecule has 0 aliphatic rings. The Morgan fingerprint density at radius 3 is 2.68 bits per heavy atom. The third kappa shape index (κ3) is 4.27. The first-order valence-corrected chi connectivity index (χ1v) is 9.09. The molecule has 0 aliphatic carbocycles. The average Bonchev–Trinajstić information content (AvgIpc) is 3.26. The largest absolute Gasteiger partial charge is 0.455 e. The highest BCUT2D eigenvalue weighted by molar-refractivity contribution is 7.13. The smallest absolute Gasteiger partial charge is 0.314 e. The van der Waals surface area contributed by atoms with Crippen molar-refractivity contribution >= 4 is 28.9 Å². The molecule has 0 saturated heterocycles. The molecule has 0 spiro atoms. The standard InChI is InChI=1S/C18H17ClN2O3S/c1-11(2)16(12-5-7-13(19)8-6-12)18(22)23-10-15-20-17(21-24-15)14-4-3-9-25-14/h3-9,11,16H,10H2,1-2H3/t16-/m0/s1. The summed E-state index contributed by atoms with van der Waals surface area (Å²) in [5.41, 5.74) is 0.870. The Kier molecular flexibility index (Phi) is 5.50. The molecule has 5 nitrogen and oxygen atoms in total. The first-order valence-electron chi connectivity index (χ1n) is 7.83. The minimum atomic E-state index is -0.378. The molecule has 0 unspecified atom stereocenters. The van der Waals surface area contributed by atoms with Crippen LogP contribution >= 0.6 is 22.9 Å². The molecule has 2 aromatic heterocycles. The molecule has 1 aromatic carbocycles. The molecule has 0 aliphatic heterocycles. The Morgan fingerprint density at radius 2 is 2.04 bits per heavy atom. The third-order valence-corrected chi connectivity index (χ3v) is 4.82. The normalized spacial score (nSPS) is 12.3. The van der Waals surface area contributed by atoms with Gasteiger partial charge < -0.3 is 9.26 Å². The van der Waals surface area contributed by atoms with E-state index in [0.29, 0.717) is 10.8 Å². The third-order valence-electron chi connectivity index (χ3n) is 3.70. The number of aromatic nitrogens is 2. The van der Waals surface area contributed by atoms with Gasteiger partial charge in [-0.2, -0.15) is 4.98 Å². The van der Waals surface area contributed by atoms with Crippen LogP contribution < -0.4 is 0 Å². The second-order valence-corrected chi connectivity index (χ2v) is 7.25. The van der Waals surface area contributed by atoms with Gasteiger partial charge >= 0.3 is 5.97 Å². The fraction of sp³-hybridized carbons (Fsp3) is 0.278. The van der Waals surface area contributed by atoms with Gasteiger partial charge in [0.1, 0.15) is 0 Å². The van der Waals surface area contributed by atoms with Gasteiger partial charge in [-0.3, -0.25) is 4.79 Å². The predicted molar refractivity (Wildman–Crippen MR) is 96.4 cm³/mol. The summed E-state index contributed by atoms with van der Waals surface area (Å²) in [6, 6.07) is 11.0. The summed E-state index contributed by atoms with van der Waals surface area (Å²) in [5, 5.41) is 6.47. The Labute approximate surface area is 154 Å². The predicted octanol–water partition coefficient (Wildman–Crippen LogP) is 4.93. The molecular weight excluding hydrogens is 360 g/mol. The summed E-state index contributed by atoms with van der Waals surface area (Å²) < 4.78 is 10.6. The van der Waals surface area contributed by atoms with Crippen molar-refractivity contribution in [2.75, 3.05) is 0 Å². The van der Waals surface area contributed by atoms with Crippen LogP contribution in [0.25, 0.3) is 10.7 Å². The molecule has 7 heteroatoms. The molecule has 0 bridgehead atoms. The SMILES string of the molecule is CC(C)[C@H](C(=O)OCc1nc(-c2cccs2)no1)c1ccc(Cl)cc1. The maximum Gasteiger partial charge on any atom is 0.314 e. The lowest BCUT2D eigenvalue weighted by Gasteiger charge is -2.19. The number of thiophene rings is 1. The maximum atomic E-state index is 12.5. The van der Waals surface area contributed by atoms with Crippen molar-refractivity contribution in [2.24, 2.45) is 5.92 Å². The number of ether oxygens (including phenoxy) is 1. The summed E-state index contributed by atoms with van der Waals surface area (Å²) in [4.78, 5) is 17.7. The first kappa shape index (κ1) is 17.6. The van der Waals surface area contributed by atoms with E-state index in [1.807, 2.05) is 43.5 Å². The van der Waals surface area contributed by atoms with Crippen LogP contribution in [0.4, 0.5) is 0 Å². The zero-order chi connectivity index (χ0) is 17.8. The summed E-state index contributed by atoms with van der Waals surface area (Å²) in [5.74, 6) is 0.151. The van der Waals surface area contributed by atoms with Gasteiger partial charge in [0.05, 0.1) is 10.8 Å². The summed E-state index contributed by atoms with van der Waals surface area (Å²) >= 11 is 7.44. The molecule has 0 amide bonds. The Hall–Kier alpha value is -2.18. The van der Waals surface area contributed by atoms with Gasteiger partial charge in [0.2, 0.25) is 5.82 Å². The van der Waals surface area contributed by atoms with Gasteiger partial charge in [0, 0.05) is 5.02 Å². The average molecular weight is 377 g/mol. The Morgan fingerprint density at radius 1 is 1.28 bits per heavy atom. The lowest BCUT2D eigenvalue weighted by molar-refractivity contribution is -0.148. The van der Waals surface area contributed by atoms with Crippen LogP contribution in [0.1, 0.15) is 31.2 Å². The minimum absolute atomic E-state index is 0.0476. The molecule has 0 fully saturated rings. The molecule has 1 atom stereocenters. The van der Waals surface area contributed by atoms with Crippen LogP contribution in [0.15, 0.2) is 46.3 Å². The molecule has 0 radical (unpaired) electrons. The van der Waals surface area contributed by atoms with Crippen molar-refractivity contribution in [3.8, 4) is 10.7 Å². The topological polar surface area (TPSA) is 65.2 Å². The zero-order valence-electron chi connectivity index (χ0n) is 13.8. The van der Waals surface area contributed by atoms with Gasteiger partial charge in [-0.05, 0) is 35.1 Å². The highest BCUT2D eigenvalue weighted by Gasteiger charge is 2.26. The van der Waals surface area contributed by atoms with E-state index in [4.69, 9.17) is 20.9 Å². The number of carbonyl (C=O) groups is 1. The van der Waals surface area contributed by atoms with Crippen LogP contribution in [-0.4, -0.2) is 16.1 Å². The molecular formula is C18H17ClN2O3S. The number of nitrogens with zero attached hydrogens (tertiary/aromatic N) is 2. The van der Waals surface area contributed by atoms with Gasteiger partial charge in [0.15, 0.2) is 6.61 Å². The van der Waals surface area contributed by atoms with E-state index in [1.165, 1.54) is 11.3 Å². The summed E-state index contributed by atoms with van der Waals surface area (Å²) in [6.07, 6.45) is 0. The molecule has 0 saturated carbocycles. The van der Waals surface area contributed by atoms with Gasteiger partial charge in [0.25, 0.3) is 5.89 Å². The van der Waals surface area contributed by atoms with E-state index < -0.39 is 0 Å². The van der Waals surface area contributed by atoms with Gasteiger partial charge in [-0.1, -0.05) is 48.8 Å². The lowest BCUT2D eigenvalue weighted by atomic mass is 9.88. The molecule has 25 heavy (non-hydrogen) atoms. The van der Waals surface area contributed by atoms with Crippen molar-refractivity contribution in [1.82, 2.24) is 10.1 Å². The van der Waals surface area contributed by atoms with E-state index in [0.717, 1.165) is 10.4 Å². The van der Waals surface area contributed by atoms with E-state index in [-0.39, 0.29) is 30.3 Å². The molecule has 130 valence electrons. The van der Waals surface area contributed by atoms with Gasteiger partial charge in [-0.25, -0.2) is 0 Å². The highest BCUT2D eigenvalue weighted by atomic mass is 35.5. The van der Waals surface area contributed by atoms with Crippen molar-refractivity contribution in [2.45, 2.75) is 26.4 Å². The van der Waals surface area contributed by atoms with Crippen molar-refractivity contribution in [3.63, 3.8) is 0 Å². The second-order valence-electron chi connectivity index (χ2n) is 5.87. The maximum absolute atomic E-state index is 12.5. The monoisotopic (exact) mass is 376 g/mol. The van der Waals surface area contributed by atoms with Crippen LogP contribution in [0, 0.1) is 5.92 Å². The lowest BCUT2D eigenvalue weighted by Crippen LogP contribution is -2.20. The first-order chi connectivity index (χ1) is 12.0. The van der Waals surface area contributed by atoms with E-state index in [1.54, 1.807) is 12.1 Å². The summed E-state index contributed by atoms with van der Waals surface area (Å²) in [6.45, 7) is 3.90. The van der Waals surface area contributed by atoms with Crippen molar-refractivity contribution in [1.29, 1.82) is 0 Å².